The summed E-state index contributed by atoms with van der Waals surface area (Å²) in [5.74, 6) is 2.44. The van der Waals surface area contributed by atoms with Crippen LogP contribution in [-0.4, -0.2) is 30.7 Å². The molecule has 0 atom stereocenters. The molecule has 0 radical (unpaired) electrons. The van der Waals surface area contributed by atoms with E-state index < -0.39 is 0 Å². The van der Waals surface area contributed by atoms with E-state index in [9.17, 15) is 0 Å². The fourth-order valence-corrected chi connectivity index (χ4v) is 5.56. The van der Waals surface area contributed by atoms with E-state index in [0.717, 1.165) is 56.1 Å². The van der Waals surface area contributed by atoms with Gasteiger partial charge in [0.15, 0.2) is 0 Å². The molecular formula is C32H35N3O. The summed E-state index contributed by atoms with van der Waals surface area (Å²) in [4.78, 5) is 7.44. The average molecular weight is 478 g/mol. The molecule has 0 aromatic heterocycles. The van der Waals surface area contributed by atoms with Gasteiger partial charge in [-0.2, -0.15) is 0 Å². The highest BCUT2D eigenvalue weighted by Gasteiger charge is 2.42. The average Bonchev–Trinajstić information content (AvgIpc) is 2.93. The number of nitrogens with zero attached hydrogens (tertiary/aromatic N) is 2. The normalized spacial score (nSPS) is 19.3. The molecule has 1 spiro atoms. The Morgan fingerprint density at radius 2 is 1.64 bits per heavy atom. The number of para-hydroxylation sites is 1. The Bertz CT molecular complexity index is 1270. The largest absolute Gasteiger partial charge is 0.457 e. The first-order valence-electron chi connectivity index (χ1n) is 12.9. The Kier molecular flexibility index (Phi) is 7.06. The summed E-state index contributed by atoms with van der Waals surface area (Å²) >= 11 is 0. The van der Waals surface area contributed by atoms with Crippen molar-refractivity contribution in [3.63, 3.8) is 0 Å². The van der Waals surface area contributed by atoms with Crippen LogP contribution in [0.5, 0.6) is 11.5 Å². The zero-order valence-corrected chi connectivity index (χ0v) is 21.3. The van der Waals surface area contributed by atoms with Crippen LogP contribution in [0.2, 0.25) is 0 Å². The van der Waals surface area contributed by atoms with Gasteiger partial charge in [0.25, 0.3) is 0 Å². The van der Waals surface area contributed by atoms with Gasteiger partial charge in [-0.1, -0.05) is 67.3 Å². The molecule has 1 saturated heterocycles. The van der Waals surface area contributed by atoms with Crippen LogP contribution in [0.4, 0.5) is 0 Å². The minimum atomic E-state index is 0.169. The lowest BCUT2D eigenvalue weighted by Crippen LogP contribution is -2.45. The van der Waals surface area contributed by atoms with Gasteiger partial charge in [-0.05, 0) is 80.2 Å². The zero-order chi connectivity index (χ0) is 25.0. The van der Waals surface area contributed by atoms with Crippen molar-refractivity contribution in [3.8, 4) is 11.5 Å². The number of piperidine rings is 1. The molecule has 1 N–H and O–H groups in total. The SMILES string of the molecule is C=C(/N=C1\C(=C/C)CC2(CCN(Cc3ccc(Oc4ccccc4)cc3)CC2)c2ccccc21)NC. The number of hydrogen-bond donors (Lipinski definition) is 1. The maximum Gasteiger partial charge on any atom is 0.127 e. The van der Waals surface area contributed by atoms with Gasteiger partial charge in [-0.25, -0.2) is 4.99 Å². The summed E-state index contributed by atoms with van der Waals surface area (Å²) in [7, 11) is 1.87. The fraction of sp³-hybridized carbons (Fsp3) is 0.281. The molecule has 1 aliphatic carbocycles. The third-order valence-corrected chi connectivity index (χ3v) is 7.59. The predicted molar refractivity (Wildman–Crippen MR) is 149 cm³/mol. The highest BCUT2D eigenvalue weighted by atomic mass is 16.5. The van der Waals surface area contributed by atoms with Crippen molar-refractivity contribution in [2.45, 2.75) is 38.1 Å². The number of allylic oxidation sites excluding steroid dienone is 2. The topological polar surface area (TPSA) is 36.9 Å². The van der Waals surface area contributed by atoms with E-state index in [0.29, 0.717) is 5.82 Å². The second kappa shape index (κ2) is 10.5. The molecule has 3 aromatic rings. The van der Waals surface area contributed by atoms with Crippen LogP contribution in [0, 0.1) is 0 Å². The summed E-state index contributed by atoms with van der Waals surface area (Å²) in [5.41, 5.74) is 6.59. The molecule has 3 aromatic carbocycles. The van der Waals surface area contributed by atoms with Crippen molar-refractivity contribution in [1.29, 1.82) is 0 Å². The van der Waals surface area contributed by atoms with Crippen LogP contribution >= 0.6 is 0 Å². The lowest BCUT2D eigenvalue weighted by molar-refractivity contribution is 0.151. The van der Waals surface area contributed by atoms with E-state index in [-0.39, 0.29) is 5.41 Å². The Balaban J connectivity index is 1.29. The van der Waals surface area contributed by atoms with Gasteiger partial charge >= 0.3 is 0 Å². The number of ether oxygens (including phenoxy) is 1. The van der Waals surface area contributed by atoms with Crippen LogP contribution in [0.3, 0.4) is 0 Å². The third kappa shape index (κ3) is 5.00. The molecule has 0 unspecified atom stereocenters. The molecule has 0 amide bonds. The quantitative estimate of drug-likeness (QED) is 0.422. The molecule has 2 aliphatic rings. The zero-order valence-electron chi connectivity index (χ0n) is 21.3. The molecule has 1 heterocycles. The summed E-state index contributed by atoms with van der Waals surface area (Å²) in [6.07, 6.45) is 5.58. The Morgan fingerprint density at radius 1 is 0.972 bits per heavy atom. The second-order valence-corrected chi connectivity index (χ2v) is 9.81. The van der Waals surface area contributed by atoms with E-state index >= 15 is 0 Å². The van der Waals surface area contributed by atoms with Crippen molar-refractivity contribution in [2.24, 2.45) is 4.99 Å². The van der Waals surface area contributed by atoms with Gasteiger partial charge in [0, 0.05) is 24.6 Å². The molecule has 4 nitrogen and oxygen atoms in total. The van der Waals surface area contributed by atoms with Gasteiger partial charge in [0.05, 0.1) is 5.71 Å². The van der Waals surface area contributed by atoms with Crippen LogP contribution in [0.1, 0.15) is 42.9 Å². The van der Waals surface area contributed by atoms with E-state index in [1.165, 1.54) is 22.3 Å². The minimum absolute atomic E-state index is 0.169. The number of aliphatic imine (C=N–C) groups is 1. The number of nitrogens with one attached hydrogen (secondary N) is 1. The third-order valence-electron chi connectivity index (χ3n) is 7.59. The van der Waals surface area contributed by atoms with Crippen molar-refractivity contribution in [3.05, 3.63) is 120 Å². The lowest BCUT2D eigenvalue weighted by Gasteiger charge is -2.46. The fourth-order valence-electron chi connectivity index (χ4n) is 5.56. The maximum absolute atomic E-state index is 5.95. The highest BCUT2D eigenvalue weighted by molar-refractivity contribution is 6.15. The number of rotatable bonds is 6. The highest BCUT2D eigenvalue weighted by Crippen LogP contribution is 2.47. The van der Waals surface area contributed by atoms with E-state index in [2.05, 4.69) is 78.3 Å². The Morgan fingerprint density at radius 3 is 2.33 bits per heavy atom. The summed E-state index contributed by atoms with van der Waals surface area (Å²) in [6, 6.07) is 27.3. The van der Waals surface area contributed by atoms with Crippen LogP contribution < -0.4 is 10.1 Å². The molecule has 184 valence electrons. The smallest absolute Gasteiger partial charge is 0.127 e. The maximum atomic E-state index is 5.95. The lowest BCUT2D eigenvalue weighted by atomic mass is 9.62. The predicted octanol–water partition coefficient (Wildman–Crippen LogP) is 6.84. The van der Waals surface area contributed by atoms with Crippen LogP contribution in [0.15, 0.2) is 108 Å². The first-order valence-corrected chi connectivity index (χ1v) is 12.9. The van der Waals surface area contributed by atoms with Crippen LogP contribution in [0.25, 0.3) is 0 Å². The molecule has 4 heteroatoms. The Hall–Kier alpha value is -3.63. The monoisotopic (exact) mass is 477 g/mol. The summed E-state index contributed by atoms with van der Waals surface area (Å²) < 4.78 is 5.95. The van der Waals surface area contributed by atoms with Gasteiger partial charge in [0.2, 0.25) is 0 Å². The standard InChI is InChI=1S/C32H35N3O/c1-4-26-22-32(30-13-9-8-12-29(30)31(26)34-24(2)33-3)18-20-35(21-19-32)23-25-14-16-28(17-15-25)36-27-10-6-5-7-11-27/h4-17,33H,2,18-23H2,1,3H3/b26-4-,34-31+. The molecule has 5 rings (SSSR count). The van der Waals surface area contributed by atoms with Crippen molar-refractivity contribution >= 4 is 5.71 Å². The van der Waals surface area contributed by atoms with Crippen molar-refractivity contribution < 1.29 is 4.74 Å². The second-order valence-electron chi connectivity index (χ2n) is 9.81. The minimum Gasteiger partial charge on any atom is -0.457 e. The molecule has 36 heavy (non-hydrogen) atoms. The summed E-state index contributed by atoms with van der Waals surface area (Å²) in [5, 5.41) is 3.08. The van der Waals surface area contributed by atoms with Gasteiger partial charge in [0.1, 0.15) is 17.3 Å². The van der Waals surface area contributed by atoms with Crippen molar-refractivity contribution in [1.82, 2.24) is 10.2 Å². The first kappa shape index (κ1) is 24.1. The molecule has 1 aliphatic heterocycles. The molecule has 0 bridgehead atoms. The number of fused-ring (bicyclic) bond motifs is 2. The van der Waals surface area contributed by atoms with Crippen molar-refractivity contribution in [2.75, 3.05) is 20.1 Å². The van der Waals surface area contributed by atoms with Gasteiger partial charge in [-0.3, -0.25) is 4.90 Å². The summed E-state index contributed by atoms with van der Waals surface area (Å²) in [6.45, 7) is 9.32. The number of hydrogen-bond acceptors (Lipinski definition) is 4. The van der Waals surface area contributed by atoms with E-state index in [4.69, 9.17) is 9.73 Å². The first-order chi connectivity index (χ1) is 17.6. The Labute approximate surface area is 215 Å². The van der Waals surface area contributed by atoms with Crippen LogP contribution in [-0.2, 0) is 12.0 Å². The molecule has 0 saturated carbocycles. The van der Waals surface area contributed by atoms with E-state index in [1.807, 2.05) is 37.4 Å². The van der Waals surface area contributed by atoms with Gasteiger partial charge in [-0.15, -0.1) is 0 Å². The van der Waals surface area contributed by atoms with E-state index in [1.54, 1.807) is 0 Å². The number of likely N-dealkylation sites (tertiary alicyclic amines) is 1. The number of benzene rings is 3. The van der Waals surface area contributed by atoms with Gasteiger partial charge < -0.3 is 10.1 Å². The molecular weight excluding hydrogens is 442 g/mol. The molecule has 1 fully saturated rings.